The maximum atomic E-state index is 6.67. The van der Waals surface area contributed by atoms with Crippen molar-refractivity contribution in [2.75, 3.05) is 0 Å². The smallest absolute Gasteiger partial charge is 0.370 e. The Morgan fingerprint density at radius 2 is 1.38 bits per heavy atom. The van der Waals surface area contributed by atoms with E-state index in [-0.39, 0.29) is 12.2 Å². The van der Waals surface area contributed by atoms with E-state index in [2.05, 4.69) is 30.8 Å². The molecule has 3 rings (SSSR count). The van der Waals surface area contributed by atoms with Gasteiger partial charge in [0.05, 0.1) is 6.61 Å². The largest absolute Gasteiger partial charge is 0.505 e. The van der Waals surface area contributed by atoms with E-state index in [1.54, 1.807) is 0 Å². The molecule has 0 bridgehead atoms. The molecular weight excluding hydrogens is 340 g/mol. The first-order chi connectivity index (χ1) is 12.8. The van der Waals surface area contributed by atoms with E-state index < -0.39 is 8.80 Å². The maximum absolute atomic E-state index is 6.67. The number of rotatable bonds is 9. The van der Waals surface area contributed by atoms with Gasteiger partial charge in [0.1, 0.15) is 0 Å². The lowest BCUT2D eigenvalue weighted by Crippen LogP contribution is -2.50. The van der Waals surface area contributed by atoms with Gasteiger partial charge in [0.15, 0.2) is 0 Å². The molecule has 144 valence electrons. The van der Waals surface area contributed by atoms with Crippen molar-refractivity contribution in [1.29, 1.82) is 0 Å². The van der Waals surface area contributed by atoms with Crippen molar-refractivity contribution in [2.24, 2.45) is 0 Å². The zero-order valence-electron chi connectivity index (χ0n) is 16.0. The van der Waals surface area contributed by atoms with Gasteiger partial charge in [0.25, 0.3) is 0 Å². The Morgan fingerprint density at radius 3 is 1.88 bits per heavy atom. The fourth-order valence-corrected chi connectivity index (χ4v) is 6.80. The van der Waals surface area contributed by atoms with E-state index in [1.165, 1.54) is 44.1 Å². The summed E-state index contributed by atoms with van der Waals surface area (Å²) in [6, 6.07) is 11.1. The van der Waals surface area contributed by atoms with E-state index in [0.717, 1.165) is 25.7 Å². The highest BCUT2D eigenvalue weighted by molar-refractivity contribution is 6.61. The van der Waals surface area contributed by atoms with Crippen LogP contribution in [0.25, 0.3) is 0 Å². The van der Waals surface area contributed by atoms with Crippen LogP contribution in [0, 0.1) is 0 Å². The predicted molar refractivity (Wildman–Crippen MR) is 108 cm³/mol. The molecule has 0 N–H and O–H groups in total. The lowest BCUT2D eigenvalue weighted by molar-refractivity contribution is -0.0182. The molecule has 0 aliphatic heterocycles. The Bertz CT molecular complexity index is 501. The van der Waals surface area contributed by atoms with Crippen LogP contribution in [-0.4, -0.2) is 21.0 Å². The Hall–Kier alpha value is -0.943. The summed E-state index contributed by atoms with van der Waals surface area (Å²) in [7, 11) is -2.77. The van der Waals surface area contributed by atoms with E-state index in [4.69, 9.17) is 13.3 Å². The minimum absolute atomic E-state index is 0.287. The predicted octanol–water partition coefficient (Wildman–Crippen LogP) is 6.03. The standard InChI is InChI=1S/C22H34O3Si/c1-2-18-26(24-21-14-8-4-9-15-21,25-22-16-10-5-11-17-22)23-19-20-12-6-3-7-13-20/h2-3,6-7,12-13,21-22H,1,4-5,8-11,14-19H2. The molecule has 4 heteroatoms. The van der Waals surface area contributed by atoms with Gasteiger partial charge in [-0.2, -0.15) is 0 Å². The van der Waals surface area contributed by atoms with Crippen molar-refractivity contribution < 1.29 is 13.3 Å². The number of allylic oxidation sites excluding steroid dienone is 1. The molecule has 0 aromatic heterocycles. The van der Waals surface area contributed by atoms with E-state index >= 15 is 0 Å². The van der Waals surface area contributed by atoms with Crippen molar-refractivity contribution >= 4 is 8.80 Å². The molecule has 26 heavy (non-hydrogen) atoms. The molecule has 0 radical (unpaired) electrons. The van der Waals surface area contributed by atoms with Gasteiger partial charge in [-0.05, 0) is 31.2 Å². The van der Waals surface area contributed by atoms with Gasteiger partial charge in [-0.1, -0.05) is 74.9 Å². The van der Waals surface area contributed by atoms with Gasteiger partial charge in [-0.3, -0.25) is 0 Å². The zero-order valence-corrected chi connectivity index (χ0v) is 17.0. The molecule has 1 aromatic rings. The Labute approximate surface area is 160 Å². The third-order valence-electron chi connectivity index (χ3n) is 5.49. The molecule has 2 saturated carbocycles. The molecule has 0 saturated heterocycles. The molecular formula is C22H34O3Si. The van der Waals surface area contributed by atoms with Gasteiger partial charge in [-0.15, -0.1) is 6.58 Å². The van der Waals surface area contributed by atoms with Crippen molar-refractivity contribution in [1.82, 2.24) is 0 Å². The third-order valence-corrected chi connectivity index (χ3v) is 8.25. The van der Waals surface area contributed by atoms with E-state index in [1.807, 2.05) is 12.1 Å². The second-order valence-corrected chi connectivity index (χ2v) is 10.2. The SMILES string of the molecule is C=CC[Si](OCc1ccccc1)(OC1CCCCC1)OC1CCCCC1. The highest BCUT2D eigenvalue weighted by Crippen LogP contribution is 2.31. The van der Waals surface area contributed by atoms with Gasteiger partial charge in [0.2, 0.25) is 0 Å². The topological polar surface area (TPSA) is 27.7 Å². The summed E-state index contributed by atoms with van der Waals surface area (Å²) in [5.41, 5.74) is 1.17. The summed E-state index contributed by atoms with van der Waals surface area (Å²) in [5.74, 6) is 0. The molecule has 3 nitrogen and oxygen atoms in total. The lowest BCUT2D eigenvalue weighted by atomic mass is 9.98. The van der Waals surface area contributed by atoms with Crippen LogP contribution in [0.4, 0.5) is 0 Å². The molecule has 0 unspecified atom stereocenters. The van der Waals surface area contributed by atoms with Gasteiger partial charge in [0, 0.05) is 18.3 Å². The van der Waals surface area contributed by atoms with Crippen LogP contribution in [-0.2, 0) is 19.9 Å². The van der Waals surface area contributed by atoms with Crippen molar-refractivity contribution in [3.63, 3.8) is 0 Å². The van der Waals surface area contributed by atoms with Crippen LogP contribution in [0.5, 0.6) is 0 Å². The number of hydrogen-bond donors (Lipinski definition) is 0. The number of hydrogen-bond acceptors (Lipinski definition) is 3. The molecule has 2 aliphatic carbocycles. The number of benzene rings is 1. The minimum Gasteiger partial charge on any atom is -0.370 e. The normalized spacial score (nSPS) is 20.2. The highest BCUT2D eigenvalue weighted by atomic mass is 28.4. The van der Waals surface area contributed by atoms with Crippen LogP contribution in [0.15, 0.2) is 43.0 Å². The summed E-state index contributed by atoms with van der Waals surface area (Å²) in [4.78, 5) is 0. The van der Waals surface area contributed by atoms with Gasteiger partial charge < -0.3 is 13.3 Å². The molecule has 2 fully saturated rings. The fourth-order valence-electron chi connectivity index (χ4n) is 4.07. The molecule has 0 amide bonds. The van der Waals surface area contributed by atoms with Crippen molar-refractivity contribution in [2.45, 2.75) is 89.1 Å². The zero-order chi connectivity index (χ0) is 18.1. The van der Waals surface area contributed by atoms with Crippen LogP contribution in [0.1, 0.15) is 69.8 Å². The van der Waals surface area contributed by atoms with Crippen molar-refractivity contribution in [3.8, 4) is 0 Å². The van der Waals surface area contributed by atoms with Crippen LogP contribution >= 0.6 is 0 Å². The Balaban J connectivity index is 1.71. The average molecular weight is 375 g/mol. The maximum Gasteiger partial charge on any atom is 0.505 e. The van der Waals surface area contributed by atoms with Crippen LogP contribution < -0.4 is 0 Å². The second kappa shape index (κ2) is 10.4. The summed E-state index contributed by atoms with van der Waals surface area (Å²) in [6.07, 6.45) is 14.7. The Kier molecular flexibility index (Phi) is 7.93. The van der Waals surface area contributed by atoms with Crippen LogP contribution in [0.2, 0.25) is 6.04 Å². The minimum atomic E-state index is -2.77. The molecule has 0 atom stereocenters. The van der Waals surface area contributed by atoms with E-state index in [9.17, 15) is 0 Å². The molecule has 1 aromatic carbocycles. The first-order valence-electron chi connectivity index (χ1n) is 10.4. The van der Waals surface area contributed by atoms with Gasteiger partial charge in [-0.25, -0.2) is 0 Å². The summed E-state index contributed by atoms with van der Waals surface area (Å²) < 4.78 is 19.8. The average Bonchev–Trinajstić information content (AvgIpc) is 2.69. The first kappa shape index (κ1) is 19.8. The second-order valence-electron chi connectivity index (χ2n) is 7.71. The van der Waals surface area contributed by atoms with E-state index in [0.29, 0.717) is 12.7 Å². The third kappa shape index (κ3) is 6.05. The first-order valence-corrected chi connectivity index (χ1v) is 12.4. The van der Waals surface area contributed by atoms with Crippen molar-refractivity contribution in [3.05, 3.63) is 48.6 Å². The molecule has 0 spiro atoms. The fraction of sp³-hybridized carbons (Fsp3) is 0.636. The highest BCUT2D eigenvalue weighted by Gasteiger charge is 2.45. The summed E-state index contributed by atoms with van der Waals surface area (Å²) in [6.45, 7) is 4.54. The lowest BCUT2D eigenvalue weighted by Gasteiger charge is -2.37. The van der Waals surface area contributed by atoms with Crippen LogP contribution in [0.3, 0.4) is 0 Å². The summed E-state index contributed by atoms with van der Waals surface area (Å²) in [5, 5.41) is 0. The van der Waals surface area contributed by atoms with Gasteiger partial charge >= 0.3 is 8.80 Å². The summed E-state index contributed by atoms with van der Waals surface area (Å²) >= 11 is 0. The Morgan fingerprint density at radius 1 is 0.846 bits per heavy atom. The monoisotopic (exact) mass is 374 g/mol. The molecule has 2 aliphatic rings. The molecule has 0 heterocycles. The quantitative estimate of drug-likeness (QED) is 0.390.